The minimum atomic E-state index is 0. The first-order valence-corrected chi connectivity index (χ1v) is 9.56. The second kappa shape index (κ2) is 10.3. The lowest BCUT2D eigenvalue weighted by atomic mass is 9.51. The fourth-order valence-corrected chi connectivity index (χ4v) is 4.17. The Bertz CT molecular complexity index is 426. The summed E-state index contributed by atoms with van der Waals surface area (Å²) in [6.45, 7) is 6.15. The first-order valence-electron chi connectivity index (χ1n) is 9.56. The van der Waals surface area contributed by atoms with E-state index in [4.69, 9.17) is 14.2 Å². The number of nitrogens with one attached hydrogen (secondary N) is 2. The summed E-state index contributed by atoms with van der Waals surface area (Å²) in [4.78, 5) is 4.37. The van der Waals surface area contributed by atoms with Gasteiger partial charge in [-0.05, 0) is 39.0 Å². The highest BCUT2D eigenvalue weighted by atomic mass is 127. The maximum Gasteiger partial charge on any atom is 0.191 e. The predicted octanol–water partition coefficient (Wildman–Crippen LogP) is 2.31. The van der Waals surface area contributed by atoms with Crippen LogP contribution in [0.3, 0.4) is 0 Å². The molecule has 1 spiro atoms. The third kappa shape index (κ3) is 4.99. The molecule has 0 amide bonds. The lowest BCUT2D eigenvalue weighted by Gasteiger charge is -2.61. The fourth-order valence-electron chi connectivity index (χ4n) is 4.17. The van der Waals surface area contributed by atoms with Gasteiger partial charge >= 0.3 is 0 Å². The van der Waals surface area contributed by atoms with Crippen molar-refractivity contribution < 1.29 is 14.2 Å². The molecule has 3 unspecified atom stereocenters. The molecule has 0 radical (unpaired) electrons. The molecule has 146 valence electrons. The van der Waals surface area contributed by atoms with Gasteiger partial charge in [-0.25, -0.2) is 0 Å². The molecule has 3 fully saturated rings. The van der Waals surface area contributed by atoms with Crippen LogP contribution in [-0.4, -0.2) is 64.2 Å². The minimum absolute atomic E-state index is 0. The van der Waals surface area contributed by atoms with Gasteiger partial charge in [0, 0.05) is 44.9 Å². The molecule has 2 saturated carbocycles. The topological polar surface area (TPSA) is 64.1 Å². The smallest absolute Gasteiger partial charge is 0.191 e. The van der Waals surface area contributed by atoms with Crippen molar-refractivity contribution in [1.29, 1.82) is 0 Å². The van der Waals surface area contributed by atoms with Gasteiger partial charge in [0.25, 0.3) is 0 Å². The molecule has 0 aromatic rings. The quantitative estimate of drug-likeness (QED) is 0.248. The van der Waals surface area contributed by atoms with E-state index in [2.05, 4.69) is 22.5 Å². The number of guanidine groups is 1. The number of nitrogens with zero attached hydrogens (tertiary/aromatic N) is 1. The van der Waals surface area contributed by atoms with Gasteiger partial charge in [0.1, 0.15) is 0 Å². The first kappa shape index (κ1) is 21.2. The molecular weight excluding hydrogens is 433 g/mol. The van der Waals surface area contributed by atoms with Crippen LogP contribution in [-0.2, 0) is 14.2 Å². The van der Waals surface area contributed by atoms with Crippen LogP contribution in [0.25, 0.3) is 0 Å². The Labute approximate surface area is 168 Å². The van der Waals surface area contributed by atoms with E-state index < -0.39 is 0 Å². The zero-order chi connectivity index (χ0) is 16.8. The summed E-state index contributed by atoms with van der Waals surface area (Å²) in [5, 5.41) is 7.03. The molecule has 0 aromatic carbocycles. The highest BCUT2D eigenvalue weighted by molar-refractivity contribution is 14.0. The summed E-state index contributed by atoms with van der Waals surface area (Å²) in [5.74, 6) is 0.908. The number of rotatable bonds is 8. The summed E-state index contributed by atoms with van der Waals surface area (Å²) < 4.78 is 17.0. The lowest BCUT2D eigenvalue weighted by molar-refractivity contribution is -0.168. The number of hydrogen-bond acceptors (Lipinski definition) is 4. The van der Waals surface area contributed by atoms with E-state index in [9.17, 15) is 0 Å². The zero-order valence-electron chi connectivity index (χ0n) is 15.6. The molecule has 3 aliphatic rings. The van der Waals surface area contributed by atoms with E-state index in [1.807, 2.05) is 7.05 Å². The molecule has 6 nitrogen and oxygen atoms in total. The van der Waals surface area contributed by atoms with Gasteiger partial charge in [-0.15, -0.1) is 24.0 Å². The molecular formula is C18H34IN3O3. The maximum atomic E-state index is 5.92. The first-order chi connectivity index (χ1) is 11.8. The average molecular weight is 467 g/mol. The van der Waals surface area contributed by atoms with Crippen molar-refractivity contribution in [3.05, 3.63) is 0 Å². The van der Waals surface area contributed by atoms with Crippen LogP contribution in [0.1, 0.15) is 45.4 Å². The van der Waals surface area contributed by atoms with Crippen LogP contribution in [0.15, 0.2) is 4.99 Å². The summed E-state index contributed by atoms with van der Waals surface area (Å²) in [6.07, 6.45) is 7.73. The van der Waals surface area contributed by atoms with Crippen molar-refractivity contribution in [2.24, 2.45) is 10.4 Å². The van der Waals surface area contributed by atoms with Gasteiger partial charge in [-0.1, -0.05) is 6.42 Å². The van der Waals surface area contributed by atoms with Crippen molar-refractivity contribution >= 4 is 29.9 Å². The van der Waals surface area contributed by atoms with Gasteiger partial charge in [-0.2, -0.15) is 0 Å². The Morgan fingerprint density at radius 3 is 2.76 bits per heavy atom. The largest absolute Gasteiger partial charge is 0.379 e. The highest BCUT2D eigenvalue weighted by Gasteiger charge is 2.59. The highest BCUT2D eigenvalue weighted by Crippen LogP contribution is 2.57. The van der Waals surface area contributed by atoms with E-state index in [-0.39, 0.29) is 24.0 Å². The van der Waals surface area contributed by atoms with Gasteiger partial charge in [-0.3, -0.25) is 4.99 Å². The Hall–Kier alpha value is -0.120. The van der Waals surface area contributed by atoms with Crippen LogP contribution >= 0.6 is 24.0 Å². The van der Waals surface area contributed by atoms with Gasteiger partial charge in [0.05, 0.1) is 18.8 Å². The minimum Gasteiger partial charge on any atom is -0.379 e. The van der Waals surface area contributed by atoms with Crippen LogP contribution in [0.2, 0.25) is 0 Å². The van der Waals surface area contributed by atoms with E-state index in [0.29, 0.717) is 23.7 Å². The van der Waals surface area contributed by atoms with Crippen molar-refractivity contribution in [2.45, 2.75) is 63.7 Å². The Morgan fingerprint density at radius 2 is 2.16 bits per heavy atom. The number of ether oxygens (including phenoxy) is 3. The molecule has 1 aliphatic heterocycles. The molecule has 25 heavy (non-hydrogen) atoms. The molecule has 0 aromatic heterocycles. The Balaban J connectivity index is 0.00000225. The molecule has 3 atom stereocenters. The second-order valence-corrected chi connectivity index (χ2v) is 7.17. The van der Waals surface area contributed by atoms with E-state index in [1.54, 1.807) is 0 Å². The predicted molar refractivity (Wildman–Crippen MR) is 110 cm³/mol. The third-order valence-electron chi connectivity index (χ3n) is 5.83. The standard InChI is InChI=1S/C18H33N3O3.HI/c1-3-23-16-12-15(18(16)7-4-8-18)21-17(19-2)20-9-5-10-24-14-6-11-22-13-14;/h14-16H,3-13H2,1-2H3,(H2,19,20,21);1H. The monoisotopic (exact) mass is 467 g/mol. The maximum absolute atomic E-state index is 5.92. The summed E-state index contributed by atoms with van der Waals surface area (Å²) in [7, 11) is 1.84. The fraction of sp³-hybridized carbons (Fsp3) is 0.944. The van der Waals surface area contributed by atoms with Gasteiger partial charge in [0.2, 0.25) is 0 Å². The molecule has 0 bridgehead atoms. The second-order valence-electron chi connectivity index (χ2n) is 7.17. The molecule has 2 N–H and O–H groups in total. The lowest BCUT2D eigenvalue weighted by Crippen LogP contribution is -2.68. The molecule has 1 saturated heterocycles. The molecule has 1 heterocycles. The molecule has 3 rings (SSSR count). The SMILES string of the molecule is CCOC1CC(NC(=NC)NCCCOC2CCOC2)C12CCC2.I. The van der Waals surface area contributed by atoms with Crippen molar-refractivity contribution in [1.82, 2.24) is 10.6 Å². The van der Waals surface area contributed by atoms with Crippen molar-refractivity contribution in [2.75, 3.05) is 40.0 Å². The normalized spacial score (nSPS) is 30.3. The van der Waals surface area contributed by atoms with Crippen LogP contribution in [0.4, 0.5) is 0 Å². The number of aliphatic imine (C=N–C) groups is 1. The Morgan fingerprint density at radius 1 is 1.32 bits per heavy atom. The average Bonchev–Trinajstić information content (AvgIpc) is 3.03. The summed E-state index contributed by atoms with van der Waals surface area (Å²) >= 11 is 0. The van der Waals surface area contributed by atoms with E-state index >= 15 is 0 Å². The van der Waals surface area contributed by atoms with Crippen LogP contribution in [0, 0.1) is 5.41 Å². The van der Waals surface area contributed by atoms with Gasteiger partial charge < -0.3 is 24.8 Å². The molecule has 7 heteroatoms. The van der Waals surface area contributed by atoms with E-state index in [0.717, 1.165) is 58.2 Å². The summed E-state index contributed by atoms with van der Waals surface area (Å²) in [5.41, 5.74) is 0.360. The number of hydrogen-bond donors (Lipinski definition) is 2. The third-order valence-corrected chi connectivity index (χ3v) is 5.83. The molecule has 2 aliphatic carbocycles. The van der Waals surface area contributed by atoms with Crippen LogP contribution < -0.4 is 10.6 Å². The summed E-state index contributed by atoms with van der Waals surface area (Å²) in [6, 6.07) is 0.501. The zero-order valence-corrected chi connectivity index (χ0v) is 17.9. The van der Waals surface area contributed by atoms with Crippen LogP contribution in [0.5, 0.6) is 0 Å². The number of halogens is 1. The van der Waals surface area contributed by atoms with Gasteiger partial charge in [0.15, 0.2) is 5.96 Å². The van der Waals surface area contributed by atoms with E-state index in [1.165, 1.54) is 19.3 Å². The van der Waals surface area contributed by atoms with Crippen molar-refractivity contribution in [3.63, 3.8) is 0 Å². The Kier molecular flexibility index (Phi) is 8.71. The van der Waals surface area contributed by atoms with Crippen molar-refractivity contribution in [3.8, 4) is 0 Å².